The molecule has 0 aromatic heterocycles. The molecule has 1 aliphatic heterocycles. The summed E-state index contributed by atoms with van der Waals surface area (Å²) in [6.45, 7) is 6.93. The first-order valence-corrected chi connectivity index (χ1v) is 6.77. The number of nitrogens with one attached hydrogen (secondary N) is 1. The van der Waals surface area contributed by atoms with Gasteiger partial charge < -0.3 is 10.6 Å². The molecule has 1 saturated heterocycles. The van der Waals surface area contributed by atoms with Crippen molar-refractivity contribution in [3.05, 3.63) is 29.8 Å². The Bertz CT molecular complexity index is 400. The van der Waals surface area contributed by atoms with Crippen LogP contribution in [0, 0.1) is 17.2 Å². The number of hydrogen-bond acceptors (Lipinski definition) is 2. The fraction of sp³-hybridized carbons (Fsp3) is 0.533. The number of anilines is 1. The Morgan fingerprint density at radius 1 is 1.22 bits per heavy atom. The zero-order valence-electron chi connectivity index (χ0n) is 11.3. The summed E-state index contributed by atoms with van der Waals surface area (Å²) in [5.41, 5.74) is 7.52. The Morgan fingerprint density at radius 2 is 1.78 bits per heavy atom. The molecule has 0 spiro atoms. The highest BCUT2D eigenvalue weighted by Crippen LogP contribution is 2.27. The molecule has 0 amide bonds. The van der Waals surface area contributed by atoms with Crippen LogP contribution in [0.4, 0.5) is 5.69 Å². The third-order valence-corrected chi connectivity index (χ3v) is 4.03. The van der Waals surface area contributed by atoms with Gasteiger partial charge in [-0.3, -0.25) is 5.41 Å². The van der Waals surface area contributed by atoms with Crippen LogP contribution in [-0.4, -0.2) is 18.9 Å². The van der Waals surface area contributed by atoms with E-state index in [2.05, 4.69) is 30.9 Å². The van der Waals surface area contributed by atoms with Crippen LogP contribution in [0.5, 0.6) is 0 Å². The molecule has 0 saturated carbocycles. The standard InChI is InChI=1S/C15H23N3/c1-11(2)12-7-9-18(10-8-12)14-5-3-13(4-6-14)15(16)17/h3-6,11-12H,7-10H2,1-2H3,(H3,16,17). The van der Waals surface area contributed by atoms with Crippen molar-refractivity contribution in [1.82, 2.24) is 0 Å². The van der Waals surface area contributed by atoms with Crippen LogP contribution in [0.1, 0.15) is 32.3 Å². The second-order valence-electron chi connectivity index (χ2n) is 5.53. The van der Waals surface area contributed by atoms with Crippen LogP contribution >= 0.6 is 0 Å². The van der Waals surface area contributed by atoms with Crippen LogP contribution in [0.15, 0.2) is 24.3 Å². The van der Waals surface area contributed by atoms with Gasteiger partial charge in [0.25, 0.3) is 0 Å². The molecular formula is C15H23N3. The van der Waals surface area contributed by atoms with E-state index in [1.807, 2.05) is 12.1 Å². The molecule has 0 radical (unpaired) electrons. The largest absolute Gasteiger partial charge is 0.384 e. The maximum Gasteiger partial charge on any atom is 0.122 e. The van der Waals surface area contributed by atoms with E-state index in [1.54, 1.807) is 0 Å². The van der Waals surface area contributed by atoms with E-state index < -0.39 is 0 Å². The number of nitrogens with zero attached hydrogens (tertiary/aromatic N) is 1. The number of hydrogen-bond donors (Lipinski definition) is 2. The van der Waals surface area contributed by atoms with Gasteiger partial charge in [0, 0.05) is 24.3 Å². The van der Waals surface area contributed by atoms with Crippen molar-refractivity contribution in [1.29, 1.82) is 5.41 Å². The van der Waals surface area contributed by atoms with Gasteiger partial charge in [-0.1, -0.05) is 13.8 Å². The van der Waals surface area contributed by atoms with E-state index in [4.69, 9.17) is 11.1 Å². The van der Waals surface area contributed by atoms with Crippen molar-refractivity contribution < 1.29 is 0 Å². The molecule has 98 valence electrons. The lowest BCUT2D eigenvalue weighted by Crippen LogP contribution is -2.35. The summed E-state index contributed by atoms with van der Waals surface area (Å²) in [7, 11) is 0. The normalized spacial score (nSPS) is 17.2. The average Bonchev–Trinajstić information content (AvgIpc) is 2.39. The molecule has 3 nitrogen and oxygen atoms in total. The first-order chi connectivity index (χ1) is 8.58. The number of benzene rings is 1. The second kappa shape index (κ2) is 5.42. The van der Waals surface area contributed by atoms with Crippen molar-refractivity contribution in [2.75, 3.05) is 18.0 Å². The average molecular weight is 245 g/mol. The van der Waals surface area contributed by atoms with Gasteiger partial charge in [0.2, 0.25) is 0 Å². The lowest BCUT2D eigenvalue weighted by molar-refractivity contribution is 0.311. The summed E-state index contributed by atoms with van der Waals surface area (Å²) in [6, 6.07) is 8.03. The molecule has 3 heteroatoms. The minimum absolute atomic E-state index is 0.139. The van der Waals surface area contributed by atoms with Crippen molar-refractivity contribution in [3.8, 4) is 0 Å². The third kappa shape index (κ3) is 2.84. The van der Waals surface area contributed by atoms with Gasteiger partial charge in [-0.05, 0) is 48.9 Å². The van der Waals surface area contributed by atoms with Gasteiger partial charge in [-0.2, -0.15) is 0 Å². The first-order valence-electron chi connectivity index (χ1n) is 6.77. The summed E-state index contributed by atoms with van der Waals surface area (Å²) in [4.78, 5) is 2.43. The number of amidine groups is 1. The molecule has 1 fully saturated rings. The van der Waals surface area contributed by atoms with E-state index in [0.29, 0.717) is 0 Å². The van der Waals surface area contributed by atoms with Crippen molar-refractivity contribution >= 4 is 11.5 Å². The number of nitrogens with two attached hydrogens (primary N) is 1. The Balaban J connectivity index is 1.99. The van der Waals surface area contributed by atoms with Gasteiger partial charge in [0.05, 0.1) is 0 Å². The van der Waals surface area contributed by atoms with Crippen LogP contribution in [-0.2, 0) is 0 Å². The fourth-order valence-corrected chi connectivity index (χ4v) is 2.68. The van der Waals surface area contributed by atoms with Gasteiger partial charge in [-0.15, -0.1) is 0 Å². The highest BCUT2D eigenvalue weighted by atomic mass is 15.1. The van der Waals surface area contributed by atoms with Crippen LogP contribution in [0.3, 0.4) is 0 Å². The summed E-state index contributed by atoms with van der Waals surface area (Å²) in [5.74, 6) is 1.81. The molecule has 3 N–H and O–H groups in total. The second-order valence-corrected chi connectivity index (χ2v) is 5.53. The lowest BCUT2D eigenvalue weighted by atomic mass is 9.86. The Hall–Kier alpha value is -1.51. The predicted molar refractivity (Wildman–Crippen MR) is 77.2 cm³/mol. The minimum Gasteiger partial charge on any atom is -0.384 e. The molecule has 0 unspecified atom stereocenters. The van der Waals surface area contributed by atoms with E-state index >= 15 is 0 Å². The van der Waals surface area contributed by atoms with E-state index in [0.717, 1.165) is 30.5 Å². The molecule has 1 heterocycles. The van der Waals surface area contributed by atoms with Crippen molar-refractivity contribution in [2.24, 2.45) is 17.6 Å². The van der Waals surface area contributed by atoms with Gasteiger partial charge in [-0.25, -0.2) is 0 Å². The number of nitrogen functional groups attached to an aromatic ring is 1. The number of piperidine rings is 1. The fourth-order valence-electron chi connectivity index (χ4n) is 2.68. The third-order valence-electron chi connectivity index (χ3n) is 4.03. The Morgan fingerprint density at radius 3 is 2.22 bits per heavy atom. The summed E-state index contributed by atoms with van der Waals surface area (Å²) in [6.07, 6.45) is 2.57. The maximum atomic E-state index is 7.39. The summed E-state index contributed by atoms with van der Waals surface area (Å²) in [5, 5.41) is 7.39. The smallest absolute Gasteiger partial charge is 0.122 e. The molecule has 1 aromatic rings. The molecule has 18 heavy (non-hydrogen) atoms. The highest BCUT2D eigenvalue weighted by Gasteiger charge is 2.21. The molecule has 0 bridgehead atoms. The van der Waals surface area contributed by atoms with Gasteiger partial charge in [0.1, 0.15) is 5.84 Å². The topological polar surface area (TPSA) is 53.1 Å². The van der Waals surface area contributed by atoms with E-state index in [9.17, 15) is 0 Å². The quantitative estimate of drug-likeness (QED) is 0.635. The van der Waals surface area contributed by atoms with Crippen LogP contribution < -0.4 is 10.6 Å². The molecule has 2 rings (SSSR count). The van der Waals surface area contributed by atoms with Gasteiger partial charge >= 0.3 is 0 Å². The number of rotatable bonds is 3. The molecular weight excluding hydrogens is 222 g/mol. The maximum absolute atomic E-state index is 7.39. The predicted octanol–water partition coefficient (Wildman–Crippen LogP) is 2.84. The zero-order chi connectivity index (χ0) is 13.1. The summed E-state index contributed by atoms with van der Waals surface area (Å²) < 4.78 is 0. The zero-order valence-corrected chi connectivity index (χ0v) is 11.3. The first kappa shape index (κ1) is 12.9. The van der Waals surface area contributed by atoms with Crippen molar-refractivity contribution in [2.45, 2.75) is 26.7 Å². The Kier molecular flexibility index (Phi) is 3.90. The van der Waals surface area contributed by atoms with Crippen LogP contribution in [0.2, 0.25) is 0 Å². The van der Waals surface area contributed by atoms with Crippen molar-refractivity contribution in [3.63, 3.8) is 0 Å². The van der Waals surface area contributed by atoms with E-state index in [-0.39, 0.29) is 5.84 Å². The monoisotopic (exact) mass is 245 g/mol. The lowest BCUT2D eigenvalue weighted by Gasteiger charge is -2.35. The molecule has 1 aliphatic rings. The molecule has 0 atom stereocenters. The van der Waals surface area contributed by atoms with Gasteiger partial charge in [0.15, 0.2) is 0 Å². The molecule has 1 aromatic carbocycles. The van der Waals surface area contributed by atoms with Crippen LogP contribution in [0.25, 0.3) is 0 Å². The Labute approximate surface area is 109 Å². The SMILES string of the molecule is CC(C)C1CCN(c2ccc(C(=N)N)cc2)CC1. The summed E-state index contributed by atoms with van der Waals surface area (Å²) >= 11 is 0. The highest BCUT2D eigenvalue weighted by molar-refractivity contribution is 5.95. The van der Waals surface area contributed by atoms with E-state index in [1.165, 1.54) is 18.5 Å². The molecule has 0 aliphatic carbocycles. The minimum atomic E-state index is 0.139.